The van der Waals surface area contributed by atoms with E-state index in [1.165, 1.54) is 70.6 Å². The van der Waals surface area contributed by atoms with E-state index in [1.54, 1.807) is 0 Å². The Morgan fingerprint density at radius 1 is 0.536 bits per heavy atom. The highest BCUT2D eigenvalue weighted by Crippen LogP contribution is 2.42. The number of rotatable bonds is 16. The van der Waals surface area contributed by atoms with E-state index in [0.29, 0.717) is 5.92 Å². The second-order valence-electron chi connectivity index (χ2n) is 10.7. The number of hydrogen-bond donors (Lipinski definition) is 0. The van der Waals surface area contributed by atoms with Crippen molar-refractivity contribution in [3.05, 3.63) is 0 Å². The number of ether oxygens (including phenoxy) is 2. The van der Waals surface area contributed by atoms with Gasteiger partial charge in [0.15, 0.2) is 5.79 Å². The zero-order chi connectivity index (χ0) is 21.7. The van der Waals surface area contributed by atoms with E-state index in [4.69, 9.17) is 9.47 Å². The van der Waals surface area contributed by atoms with Gasteiger partial charge in [-0.15, -0.1) is 0 Å². The molecule has 0 amide bonds. The molecule has 2 heteroatoms. The zero-order valence-electron chi connectivity index (χ0n) is 21.1. The van der Waals surface area contributed by atoms with Gasteiger partial charge in [-0.3, -0.25) is 0 Å². The Labute approximate surface area is 178 Å². The number of hydrogen-bond acceptors (Lipinski definition) is 2. The first kappa shape index (κ1) is 27.9. The molecule has 2 nitrogen and oxygen atoms in total. The lowest BCUT2D eigenvalue weighted by Gasteiger charge is -2.48. The predicted octanol–water partition coefficient (Wildman–Crippen LogP) is 9.06. The van der Waals surface area contributed by atoms with E-state index in [-0.39, 0.29) is 11.2 Å². The fourth-order valence-corrected chi connectivity index (χ4v) is 4.16. The van der Waals surface area contributed by atoms with Crippen LogP contribution >= 0.6 is 0 Å². The van der Waals surface area contributed by atoms with Crippen LogP contribution in [0.5, 0.6) is 0 Å². The van der Waals surface area contributed by atoms with Gasteiger partial charge in [-0.25, -0.2) is 0 Å². The second-order valence-corrected chi connectivity index (χ2v) is 10.7. The largest absolute Gasteiger partial charge is 0.344 e. The Kier molecular flexibility index (Phi) is 14.0. The van der Waals surface area contributed by atoms with Gasteiger partial charge in [0.25, 0.3) is 0 Å². The van der Waals surface area contributed by atoms with E-state index in [2.05, 4.69) is 62.3 Å². The summed E-state index contributed by atoms with van der Waals surface area (Å²) in [5.74, 6) is 0.00841. The molecule has 0 saturated heterocycles. The normalized spacial score (nSPS) is 14.5. The van der Waals surface area contributed by atoms with E-state index < -0.39 is 5.79 Å². The molecule has 0 spiro atoms. The molecule has 0 aromatic rings. The molecule has 0 fully saturated rings. The van der Waals surface area contributed by atoms with Gasteiger partial charge in [0.2, 0.25) is 0 Å². The van der Waals surface area contributed by atoms with E-state index in [1.807, 2.05) is 0 Å². The van der Waals surface area contributed by atoms with Gasteiger partial charge in [0, 0.05) is 12.3 Å². The highest BCUT2D eigenvalue weighted by molar-refractivity contribution is 4.86. The molecule has 0 bridgehead atoms. The van der Waals surface area contributed by atoms with Crippen LogP contribution in [0, 0.1) is 5.92 Å². The molecule has 1 unspecified atom stereocenters. The topological polar surface area (TPSA) is 18.5 Å². The summed E-state index contributed by atoms with van der Waals surface area (Å²) >= 11 is 0. The Bertz CT molecular complexity index is 346. The monoisotopic (exact) mass is 398 g/mol. The van der Waals surface area contributed by atoms with E-state index in [9.17, 15) is 0 Å². The zero-order valence-corrected chi connectivity index (χ0v) is 21.1. The van der Waals surface area contributed by atoms with Crippen LogP contribution < -0.4 is 0 Å². The maximum Gasteiger partial charge on any atom is 0.172 e. The van der Waals surface area contributed by atoms with E-state index in [0.717, 1.165) is 12.8 Å². The maximum absolute atomic E-state index is 6.84. The minimum Gasteiger partial charge on any atom is -0.344 e. The summed E-state index contributed by atoms with van der Waals surface area (Å²) < 4.78 is 13.7. The molecule has 0 heterocycles. The van der Waals surface area contributed by atoms with Gasteiger partial charge in [0.1, 0.15) is 0 Å². The van der Waals surface area contributed by atoms with Crippen molar-refractivity contribution in [3.63, 3.8) is 0 Å². The Balaban J connectivity index is 5.49. The molecule has 0 aliphatic heterocycles. The van der Waals surface area contributed by atoms with Crippen LogP contribution in [0.4, 0.5) is 0 Å². The van der Waals surface area contributed by atoms with Crippen molar-refractivity contribution in [2.75, 3.05) is 0 Å². The third-order valence-corrected chi connectivity index (χ3v) is 5.27. The summed E-state index contributed by atoms with van der Waals surface area (Å²) in [6.07, 6.45) is 16.4. The smallest absolute Gasteiger partial charge is 0.172 e. The van der Waals surface area contributed by atoms with Crippen LogP contribution in [0.3, 0.4) is 0 Å². The maximum atomic E-state index is 6.84. The summed E-state index contributed by atoms with van der Waals surface area (Å²) in [4.78, 5) is 0. The van der Waals surface area contributed by atoms with Crippen molar-refractivity contribution >= 4 is 0 Å². The van der Waals surface area contributed by atoms with Gasteiger partial charge in [-0.2, -0.15) is 0 Å². The molecule has 0 saturated carbocycles. The molecular formula is C26H54O2. The first-order valence-corrected chi connectivity index (χ1v) is 12.4. The van der Waals surface area contributed by atoms with Gasteiger partial charge in [0.05, 0.1) is 11.2 Å². The van der Waals surface area contributed by atoms with Crippen molar-refractivity contribution in [1.82, 2.24) is 0 Å². The second kappa shape index (κ2) is 14.0. The average molecular weight is 399 g/mol. The summed E-state index contributed by atoms with van der Waals surface area (Å²) in [6.45, 7) is 19.9. The predicted molar refractivity (Wildman–Crippen MR) is 125 cm³/mol. The van der Waals surface area contributed by atoms with Crippen LogP contribution in [-0.2, 0) is 9.47 Å². The summed E-state index contributed by atoms with van der Waals surface area (Å²) in [6, 6.07) is 0. The SMILES string of the molecule is CCCCCCCCC(CCCC)C(CCCC)(OC(C)(C)C)OC(C)(C)C. The van der Waals surface area contributed by atoms with Crippen LogP contribution in [0.15, 0.2) is 0 Å². The Morgan fingerprint density at radius 3 is 1.43 bits per heavy atom. The van der Waals surface area contributed by atoms with E-state index >= 15 is 0 Å². The molecule has 0 N–H and O–H groups in total. The lowest BCUT2D eigenvalue weighted by molar-refractivity contribution is -0.339. The molecule has 0 rings (SSSR count). The van der Waals surface area contributed by atoms with Crippen molar-refractivity contribution in [1.29, 1.82) is 0 Å². The van der Waals surface area contributed by atoms with Crippen LogP contribution in [0.25, 0.3) is 0 Å². The summed E-state index contributed by atoms with van der Waals surface area (Å²) in [5.41, 5.74) is -0.408. The van der Waals surface area contributed by atoms with Gasteiger partial charge < -0.3 is 9.47 Å². The van der Waals surface area contributed by atoms with Crippen molar-refractivity contribution in [3.8, 4) is 0 Å². The fraction of sp³-hybridized carbons (Fsp3) is 1.00. The molecular weight excluding hydrogens is 344 g/mol. The van der Waals surface area contributed by atoms with Gasteiger partial charge >= 0.3 is 0 Å². The van der Waals surface area contributed by atoms with Crippen molar-refractivity contribution < 1.29 is 9.47 Å². The molecule has 0 aromatic heterocycles. The first-order chi connectivity index (χ1) is 13.0. The minimum absolute atomic E-state index is 0.204. The lowest BCUT2D eigenvalue weighted by atomic mass is 9.83. The third-order valence-electron chi connectivity index (χ3n) is 5.27. The highest BCUT2D eigenvalue weighted by Gasteiger charge is 2.45. The van der Waals surface area contributed by atoms with Gasteiger partial charge in [-0.05, 0) is 60.8 Å². The van der Waals surface area contributed by atoms with Crippen molar-refractivity contribution in [2.45, 2.75) is 163 Å². The molecule has 0 aliphatic carbocycles. The lowest BCUT2D eigenvalue weighted by Crippen LogP contribution is -2.52. The van der Waals surface area contributed by atoms with Gasteiger partial charge in [-0.1, -0.05) is 78.6 Å². The molecule has 28 heavy (non-hydrogen) atoms. The summed E-state index contributed by atoms with van der Waals surface area (Å²) in [5, 5.41) is 0. The minimum atomic E-state index is -0.467. The van der Waals surface area contributed by atoms with Crippen LogP contribution in [-0.4, -0.2) is 17.0 Å². The molecule has 0 aromatic carbocycles. The Hall–Kier alpha value is -0.0800. The average Bonchev–Trinajstić information content (AvgIpc) is 2.55. The van der Waals surface area contributed by atoms with Crippen LogP contribution in [0.2, 0.25) is 0 Å². The first-order valence-electron chi connectivity index (χ1n) is 12.4. The Morgan fingerprint density at radius 2 is 0.964 bits per heavy atom. The molecule has 0 aliphatic rings. The standard InChI is InChI=1S/C26H54O2/c1-10-13-16-17-18-19-21-23(20-14-11-2)26(22-15-12-3,27-24(4,5)6)28-25(7,8)9/h23H,10-22H2,1-9H3. The molecule has 170 valence electrons. The third kappa shape index (κ3) is 13.2. The molecule has 1 atom stereocenters. The highest BCUT2D eigenvalue weighted by atomic mass is 16.7. The fourth-order valence-electron chi connectivity index (χ4n) is 4.16. The molecule has 0 radical (unpaired) electrons. The van der Waals surface area contributed by atoms with Crippen molar-refractivity contribution in [2.24, 2.45) is 5.92 Å². The quantitative estimate of drug-likeness (QED) is 0.191. The number of unbranched alkanes of at least 4 members (excludes halogenated alkanes) is 7. The summed E-state index contributed by atoms with van der Waals surface area (Å²) in [7, 11) is 0. The van der Waals surface area contributed by atoms with Crippen LogP contribution in [0.1, 0.15) is 146 Å².